The van der Waals surface area contributed by atoms with Crippen molar-refractivity contribution in [2.75, 3.05) is 19.7 Å². The van der Waals surface area contributed by atoms with Crippen LogP contribution in [0.3, 0.4) is 0 Å². The Hall–Kier alpha value is -3.62. The third-order valence-electron chi connectivity index (χ3n) is 9.94. The Balaban J connectivity index is 1.48. The van der Waals surface area contributed by atoms with Crippen molar-refractivity contribution in [3.63, 3.8) is 0 Å². The first kappa shape index (κ1) is 35.7. The first-order valence-electron chi connectivity index (χ1n) is 16.5. The molecule has 3 aliphatic rings. The summed E-state index contributed by atoms with van der Waals surface area (Å²) in [6.45, 7) is 12.9. The lowest BCUT2D eigenvalue weighted by Crippen LogP contribution is -2.60. The molecule has 13 nitrogen and oxygen atoms in total. The van der Waals surface area contributed by atoms with Crippen LogP contribution in [0.15, 0.2) is 49.6 Å². The number of alkyl halides is 1. The molecule has 3 amide bonds. The van der Waals surface area contributed by atoms with Gasteiger partial charge in [-0.05, 0) is 37.8 Å². The van der Waals surface area contributed by atoms with Crippen LogP contribution in [0.25, 0.3) is 11.0 Å². The van der Waals surface area contributed by atoms with Gasteiger partial charge in [0.25, 0.3) is 0 Å². The summed E-state index contributed by atoms with van der Waals surface area (Å²) in [5.74, 6) is -3.83. The lowest BCUT2D eigenvalue weighted by Gasteiger charge is -2.40. The number of allylic oxidation sites excluding steroid dienone is 1. The van der Waals surface area contributed by atoms with Crippen molar-refractivity contribution in [3.8, 4) is 0 Å². The molecule has 1 aromatic heterocycles. The van der Waals surface area contributed by atoms with E-state index < -0.39 is 59.5 Å². The third-order valence-corrected chi connectivity index (χ3v) is 10.8. The number of nitrogens with zero attached hydrogens (tertiary/aromatic N) is 5. The molecule has 9 atom stereocenters. The molecule has 3 aliphatic heterocycles. The average molecular weight is 730 g/mol. The summed E-state index contributed by atoms with van der Waals surface area (Å²) < 4.78 is 14.1. The zero-order valence-corrected chi connectivity index (χ0v) is 29.3. The number of benzene rings is 1. The van der Waals surface area contributed by atoms with E-state index in [-0.39, 0.29) is 49.4 Å². The maximum Gasteiger partial charge on any atom is 0.312 e. The predicted molar refractivity (Wildman–Crippen MR) is 180 cm³/mol. The van der Waals surface area contributed by atoms with Crippen molar-refractivity contribution in [1.29, 1.82) is 0 Å². The van der Waals surface area contributed by atoms with Crippen LogP contribution >= 0.6 is 15.9 Å². The standard InChI is InChI=1S/C34H45BrN6O7/c1-6-9-14-26(43)36-17-21(5)47-33(46)27-28-31(44)41(25(18-42)20(4)8-3)30(34(28)16-22(35)29(27)48-34)32(45)39(15-7-2)19-40-24-13-11-10-12-23(24)37-38-40/h6-7,10-13,20-22,25,27-30,42H,1-2,8-9,14-19H2,3-5H3,(H,36,43)/t20-,21+,22?,25-,27-,28+,29-,30-,34+/m0/s1. The summed E-state index contributed by atoms with van der Waals surface area (Å²) in [7, 11) is 0. The fourth-order valence-electron chi connectivity index (χ4n) is 7.42. The minimum absolute atomic E-state index is 0.0282. The molecule has 48 heavy (non-hydrogen) atoms. The van der Waals surface area contributed by atoms with Crippen molar-refractivity contribution >= 4 is 50.7 Å². The van der Waals surface area contributed by atoms with Crippen LogP contribution in [0, 0.1) is 17.8 Å². The number of fused-ring (bicyclic) bond motifs is 2. The van der Waals surface area contributed by atoms with E-state index in [0.717, 1.165) is 5.52 Å². The molecule has 0 saturated carbocycles. The van der Waals surface area contributed by atoms with E-state index in [1.54, 1.807) is 28.7 Å². The van der Waals surface area contributed by atoms with Crippen molar-refractivity contribution in [2.24, 2.45) is 17.8 Å². The van der Waals surface area contributed by atoms with Crippen LogP contribution in [0.1, 0.15) is 46.5 Å². The van der Waals surface area contributed by atoms with Gasteiger partial charge in [-0.1, -0.05) is 65.7 Å². The summed E-state index contributed by atoms with van der Waals surface area (Å²) in [6, 6.07) is 5.56. The van der Waals surface area contributed by atoms with Gasteiger partial charge in [0.2, 0.25) is 17.7 Å². The highest BCUT2D eigenvalue weighted by Gasteiger charge is 2.77. The quantitative estimate of drug-likeness (QED) is 0.151. The lowest BCUT2D eigenvalue weighted by molar-refractivity contribution is -0.160. The second-order valence-corrected chi connectivity index (χ2v) is 14.2. The SMILES string of the molecule is C=CCCC(=O)NC[C@@H](C)OC(=O)[C@@H]1[C@H]2O[C@@]3(CC2Br)[C@H](C(=O)N(CC=C)Cn2nnc4ccccc42)N([C@@H](CO)[C@@H](C)CC)C(=O)[C@@H]13. The molecular weight excluding hydrogens is 684 g/mol. The Morgan fingerprint density at radius 2 is 2.02 bits per heavy atom. The number of aliphatic hydroxyl groups excluding tert-OH is 1. The van der Waals surface area contributed by atoms with Gasteiger partial charge in [0.05, 0.1) is 42.6 Å². The fraction of sp³-hybridized carbons (Fsp3) is 0.588. The molecule has 3 saturated heterocycles. The van der Waals surface area contributed by atoms with E-state index in [1.807, 2.05) is 38.1 Å². The highest BCUT2D eigenvalue weighted by Crippen LogP contribution is 2.61. The van der Waals surface area contributed by atoms with Crippen molar-refractivity contribution in [1.82, 2.24) is 30.1 Å². The molecule has 0 aliphatic carbocycles. The highest BCUT2D eigenvalue weighted by atomic mass is 79.9. The zero-order valence-electron chi connectivity index (χ0n) is 27.7. The number of halogens is 1. The molecule has 1 aromatic carbocycles. The number of hydrogen-bond acceptors (Lipinski definition) is 9. The van der Waals surface area contributed by atoms with E-state index in [1.165, 1.54) is 4.90 Å². The van der Waals surface area contributed by atoms with Gasteiger partial charge in [-0.2, -0.15) is 0 Å². The fourth-order valence-corrected chi connectivity index (χ4v) is 8.36. The van der Waals surface area contributed by atoms with Crippen LogP contribution in [-0.2, 0) is 35.3 Å². The number of para-hydroxylation sites is 1. The summed E-state index contributed by atoms with van der Waals surface area (Å²) in [6.07, 6.45) is 3.60. The van der Waals surface area contributed by atoms with Crippen molar-refractivity contribution in [2.45, 2.75) is 87.8 Å². The molecule has 260 valence electrons. The van der Waals surface area contributed by atoms with Gasteiger partial charge >= 0.3 is 5.97 Å². The minimum atomic E-state index is -1.36. The van der Waals surface area contributed by atoms with Gasteiger partial charge in [0.15, 0.2) is 0 Å². The number of esters is 1. The third kappa shape index (κ3) is 6.41. The maximum absolute atomic E-state index is 14.9. The van der Waals surface area contributed by atoms with E-state index in [4.69, 9.17) is 9.47 Å². The molecule has 3 fully saturated rings. The molecule has 2 aromatic rings. The number of likely N-dealkylation sites (tertiary alicyclic amines) is 1. The molecule has 5 rings (SSSR count). The molecular formula is C34H45BrN6O7. The Labute approximate surface area is 288 Å². The minimum Gasteiger partial charge on any atom is -0.460 e. The van der Waals surface area contributed by atoms with E-state index in [2.05, 4.69) is 44.7 Å². The smallest absolute Gasteiger partial charge is 0.312 e. The van der Waals surface area contributed by atoms with Gasteiger partial charge < -0.3 is 29.7 Å². The van der Waals surface area contributed by atoms with Gasteiger partial charge in [0, 0.05) is 17.8 Å². The van der Waals surface area contributed by atoms with Crippen molar-refractivity contribution in [3.05, 3.63) is 49.6 Å². The molecule has 0 radical (unpaired) electrons. The second kappa shape index (κ2) is 14.9. The monoisotopic (exact) mass is 728 g/mol. The van der Waals surface area contributed by atoms with E-state index in [9.17, 15) is 24.3 Å². The van der Waals surface area contributed by atoms with Crippen LogP contribution in [-0.4, -0.2) is 108 Å². The van der Waals surface area contributed by atoms with Gasteiger partial charge in [-0.25, -0.2) is 4.68 Å². The first-order chi connectivity index (χ1) is 23.0. The van der Waals surface area contributed by atoms with E-state index in [0.29, 0.717) is 24.8 Å². The maximum atomic E-state index is 14.9. The van der Waals surface area contributed by atoms with Crippen molar-refractivity contribution < 1.29 is 33.8 Å². The van der Waals surface area contributed by atoms with Crippen LogP contribution in [0.4, 0.5) is 0 Å². The van der Waals surface area contributed by atoms with Crippen LogP contribution in [0.5, 0.6) is 0 Å². The lowest BCUT2D eigenvalue weighted by atomic mass is 9.70. The Morgan fingerprint density at radius 3 is 2.71 bits per heavy atom. The number of carbonyl (C=O) groups is 4. The molecule has 14 heteroatoms. The number of amides is 3. The Morgan fingerprint density at radius 1 is 1.27 bits per heavy atom. The summed E-state index contributed by atoms with van der Waals surface area (Å²) >= 11 is 3.69. The molecule has 4 heterocycles. The summed E-state index contributed by atoms with van der Waals surface area (Å²) in [5, 5.41) is 21.9. The van der Waals surface area contributed by atoms with Gasteiger partial charge in [-0.3, -0.25) is 19.2 Å². The van der Waals surface area contributed by atoms with Crippen LogP contribution in [0.2, 0.25) is 0 Å². The molecule has 1 spiro atoms. The first-order valence-corrected chi connectivity index (χ1v) is 17.4. The van der Waals surface area contributed by atoms with Gasteiger partial charge in [-0.15, -0.1) is 18.3 Å². The summed E-state index contributed by atoms with van der Waals surface area (Å²) in [5.41, 5.74) is 0.0440. The largest absolute Gasteiger partial charge is 0.460 e. The average Bonchev–Trinajstić information content (AvgIpc) is 3.80. The molecule has 2 bridgehead atoms. The summed E-state index contributed by atoms with van der Waals surface area (Å²) in [4.78, 5) is 58.2. The zero-order chi connectivity index (χ0) is 34.7. The number of nitrogens with one attached hydrogen (secondary N) is 1. The van der Waals surface area contributed by atoms with Gasteiger partial charge in [0.1, 0.15) is 29.9 Å². The second-order valence-electron chi connectivity index (χ2n) is 13.0. The number of aliphatic hydroxyl groups is 1. The number of carbonyl (C=O) groups excluding carboxylic acids is 4. The predicted octanol–water partition coefficient (Wildman–Crippen LogP) is 2.57. The number of aromatic nitrogens is 3. The van der Waals surface area contributed by atoms with E-state index >= 15 is 0 Å². The van der Waals surface area contributed by atoms with Crippen LogP contribution < -0.4 is 5.32 Å². The molecule has 1 unspecified atom stereocenters. The molecule has 2 N–H and O–H groups in total. The normalized spacial score (nSPS) is 27.7. The topological polar surface area (TPSA) is 156 Å². The Bertz CT molecular complexity index is 1550. The number of ether oxygens (including phenoxy) is 2. The highest BCUT2D eigenvalue weighted by molar-refractivity contribution is 9.09. The number of rotatable bonds is 16. The Kier molecular flexibility index (Phi) is 11.1. The number of hydrogen-bond donors (Lipinski definition) is 2.